The van der Waals surface area contributed by atoms with Gasteiger partial charge in [-0.1, -0.05) is 6.92 Å². The van der Waals surface area contributed by atoms with Crippen molar-refractivity contribution in [2.75, 3.05) is 26.2 Å². The van der Waals surface area contributed by atoms with Crippen molar-refractivity contribution in [1.29, 1.82) is 5.26 Å². The topological polar surface area (TPSA) is 56.1 Å². The lowest BCUT2D eigenvalue weighted by Gasteiger charge is -2.33. The number of carbonyl (C=O) groups excluding carboxylic acids is 1. The lowest BCUT2D eigenvalue weighted by Crippen LogP contribution is -2.46. The Balaban J connectivity index is 2.74. The van der Waals surface area contributed by atoms with Gasteiger partial charge in [0, 0.05) is 19.6 Å². The average Bonchev–Trinajstić information content (AvgIpc) is 2.84. The van der Waals surface area contributed by atoms with Crippen LogP contribution in [-0.4, -0.2) is 37.0 Å². The minimum absolute atomic E-state index is 0.0952. The van der Waals surface area contributed by atoms with Gasteiger partial charge < -0.3 is 10.2 Å². The molecular weight excluding hydrogens is 214 g/mol. The molecular formula is C13H23N3O. The van der Waals surface area contributed by atoms with Gasteiger partial charge in [-0.2, -0.15) is 5.26 Å². The van der Waals surface area contributed by atoms with E-state index in [0.29, 0.717) is 13.1 Å². The van der Waals surface area contributed by atoms with Crippen LogP contribution in [0, 0.1) is 22.7 Å². The molecule has 2 atom stereocenters. The van der Waals surface area contributed by atoms with Gasteiger partial charge in [-0.15, -0.1) is 0 Å². The van der Waals surface area contributed by atoms with E-state index in [0.717, 1.165) is 25.9 Å². The molecule has 1 fully saturated rings. The quantitative estimate of drug-likeness (QED) is 0.786. The third-order valence-electron chi connectivity index (χ3n) is 3.76. The monoisotopic (exact) mass is 237 g/mol. The highest BCUT2D eigenvalue weighted by Crippen LogP contribution is 2.31. The predicted molar refractivity (Wildman–Crippen MR) is 67.2 cm³/mol. The molecule has 0 saturated carbocycles. The molecule has 4 heteroatoms. The maximum absolute atomic E-state index is 12.6. The first-order valence-corrected chi connectivity index (χ1v) is 6.49. The Labute approximate surface area is 104 Å². The predicted octanol–water partition coefficient (Wildman–Crippen LogP) is 1.38. The van der Waals surface area contributed by atoms with E-state index in [2.05, 4.69) is 18.3 Å². The molecule has 1 saturated heterocycles. The molecule has 1 rings (SSSR count). The normalized spacial score (nSPS) is 25.3. The molecule has 96 valence electrons. The number of rotatable bonds is 5. The molecule has 0 spiro atoms. The minimum atomic E-state index is -0.231. The lowest BCUT2D eigenvalue weighted by atomic mass is 9.82. The zero-order valence-electron chi connectivity index (χ0n) is 11.1. The fourth-order valence-corrected chi connectivity index (χ4v) is 2.44. The molecule has 4 nitrogen and oxygen atoms in total. The highest BCUT2D eigenvalue weighted by Gasteiger charge is 2.41. The van der Waals surface area contributed by atoms with E-state index in [-0.39, 0.29) is 17.2 Å². The highest BCUT2D eigenvalue weighted by atomic mass is 16.2. The molecule has 17 heavy (non-hydrogen) atoms. The van der Waals surface area contributed by atoms with Crippen LogP contribution in [0.25, 0.3) is 0 Å². The maximum atomic E-state index is 12.6. The summed E-state index contributed by atoms with van der Waals surface area (Å²) in [6.45, 7) is 8.85. The lowest BCUT2D eigenvalue weighted by molar-refractivity contribution is -0.141. The van der Waals surface area contributed by atoms with Crippen molar-refractivity contribution in [3.8, 4) is 6.07 Å². The van der Waals surface area contributed by atoms with Crippen LogP contribution >= 0.6 is 0 Å². The molecule has 1 N–H and O–H groups in total. The van der Waals surface area contributed by atoms with Crippen molar-refractivity contribution in [1.82, 2.24) is 10.2 Å². The van der Waals surface area contributed by atoms with Crippen LogP contribution in [0.2, 0.25) is 0 Å². The number of nitrogens with one attached hydrogen (secondary N) is 1. The van der Waals surface area contributed by atoms with Crippen LogP contribution in [0.15, 0.2) is 0 Å². The van der Waals surface area contributed by atoms with Gasteiger partial charge in [-0.05, 0) is 33.2 Å². The molecule has 0 aromatic rings. The number of nitrogens with zero attached hydrogens (tertiary/aromatic N) is 2. The van der Waals surface area contributed by atoms with E-state index in [1.807, 2.05) is 18.7 Å². The number of hydrogen-bond donors (Lipinski definition) is 1. The van der Waals surface area contributed by atoms with Crippen LogP contribution < -0.4 is 5.32 Å². The van der Waals surface area contributed by atoms with Gasteiger partial charge in [0.2, 0.25) is 5.91 Å². The van der Waals surface area contributed by atoms with Gasteiger partial charge in [0.15, 0.2) is 0 Å². The number of amides is 1. The first kappa shape index (κ1) is 14.0. The molecule has 0 aromatic carbocycles. The summed E-state index contributed by atoms with van der Waals surface area (Å²) in [5.41, 5.74) is -0.231. The summed E-state index contributed by atoms with van der Waals surface area (Å²) in [4.78, 5) is 14.4. The Kier molecular flexibility index (Phi) is 4.95. The molecule has 0 bridgehead atoms. The number of carbonyl (C=O) groups is 1. The molecule has 0 aromatic heterocycles. The third-order valence-corrected chi connectivity index (χ3v) is 3.76. The van der Waals surface area contributed by atoms with Gasteiger partial charge >= 0.3 is 0 Å². The summed E-state index contributed by atoms with van der Waals surface area (Å²) >= 11 is 0. The molecule has 1 aliphatic heterocycles. The molecule has 1 aliphatic rings. The van der Waals surface area contributed by atoms with Gasteiger partial charge in [0.05, 0.1) is 17.4 Å². The van der Waals surface area contributed by atoms with Crippen molar-refractivity contribution in [3.63, 3.8) is 0 Å². The molecule has 0 aliphatic carbocycles. The Bertz CT molecular complexity index is 302. The van der Waals surface area contributed by atoms with Crippen LogP contribution in [0.1, 0.15) is 33.6 Å². The van der Waals surface area contributed by atoms with E-state index in [9.17, 15) is 4.79 Å². The van der Waals surface area contributed by atoms with Gasteiger partial charge in [-0.3, -0.25) is 4.79 Å². The van der Waals surface area contributed by atoms with Crippen molar-refractivity contribution in [2.45, 2.75) is 33.6 Å². The molecule has 1 amide bonds. The zero-order valence-corrected chi connectivity index (χ0v) is 11.1. The van der Waals surface area contributed by atoms with Crippen LogP contribution in [0.4, 0.5) is 0 Å². The van der Waals surface area contributed by atoms with Crippen molar-refractivity contribution >= 4 is 5.91 Å². The van der Waals surface area contributed by atoms with Crippen LogP contribution in [-0.2, 0) is 4.79 Å². The Morgan fingerprint density at radius 3 is 2.71 bits per heavy atom. The number of nitriles is 1. The second kappa shape index (κ2) is 6.02. The SMILES string of the molecule is CCN(CC(C)C#N)C(=O)C1(CC)CCNC1. The Hall–Kier alpha value is -1.08. The van der Waals surface area contributed by atoms with Crippen LogP contribution in [0.3, 0.4) is 0 Å². The smallest absolute Gasteiger partial charge is 0.230 e. The summed E-state index contributed by atoms with van der Waals surface area (Å²) in [6, 6.07) is 2.20. The standard InChI is InChI=1S/C13H23N3O/c1-4-13(6-7-15-10-13)12(17)16(5-2)9-11(3)8-14/h11,15H,4-7,9-10H2,1-3H3. The minimum Gasteiger partial charge on any atom is -0.341 e. The zero-order chi connectivity index (χ0) is 12.9. The summed E-state index contributed by atoms with van der Waals surface area (Å²) in [7, 11) is 0. The van der Waals surface area contributed by atoms with E-state index in [1.54, 1.807) is 0 Å². The van der Waals surface area contributed by atoms with Crippen molar-refractivity contribution in [3.05, 3.63) is 0 Å². The fourth-order valence-electron chi connectivity index (χ4n) is 2.44. The van der Waals surface area contributed by atoms with E-state index < -0.39 is 0 Å². The molecule has 0 radical (unpaired) electrons. The van der Waals surface area contributed by atoms with E-state index in [4.69, 9.17) is 5.26 Å². The largest absolute Gasteiger partial charge is 0.341 e. The second-order valence-electron chi connectivity index (χ2n) is 4.93. The van der Waals surface area contributed by atoms with Crippen LogP contribution in [0.5, 0.6) is 0 Å². The van der Waals surface area contributed by atoms with Gasteiger partial charge in [0.1, 0.15) is 0 Å². The first-order valence-electron chi connectivity index (χ1n) is 6.49. The molecule has 2 unspecified atom stereocenters. The van der Waals surface area contributed by atoms with E-state index >= 15 is 0 Å². The van der Waals surface area contributed by atoms with E-state index in [1.165, 1.54) is 0 Å². The van der Waals surface area contributed by atoms with Crippen molar-refractivity contribution in [2.24, 2.45) is 11.3 Å². The van der Waals surface area contributed by atoms with Gasteiger partial charge in [-0.25, -0.2) is 0 Å². The highest BCUT2D eigenvalue weighted by molar-refractivity contribution is 5.83. The Morgan fingerprint density at radius 1 is 1.59 bits per heavy atom. The second-order valence-corrected chi connectivity index (χ2v) is 4.93. The average molecular weight is 237 g/mol. The number of hydrogen-bond acceptors (Lipinski definition) is 3. The fraction of sp³-hybridized carbons (Fsp3) is 0.846. The first-order chi connectivity index (χ1) is 8.09. The summed E-state index contributed by atoms with van der Waals surface area (Å²) < 4.78 is 0. The summed E-state index contributed by atoms with van der Waals surface area (Å²) in [6.07, 6.45) is 1.79. The van der Waals surface area contributed by atoms with Crippen molar-refractivity contribution < 1.29 is 4.79 Å². The Morgan fingerprint density at radius 2 is 2.29 bits per heavy atom. The molecule has 1 heterocycles. The summed E-state index contributed by atoms with van der Waals surface area (Å²) in [5, 5.41) is 12.1. The van der Waals surface area contributed by atoms with Gasteiger partial charge in [0.25, 0.3) is 0 Å². The maximum Gasteiger partial charge on any atom is 0.230 e. The summed E-state index contributed by atoms with van der Waals surface area (Å²) in [5.74, 6) is 0.122. The third kappa shape index (κ3) is 2.98.